The summed E-state index contributed by atoms with van der Waals surface area (Å²) in [4.78, 5) is 55.6. The van der Waals surface area contributed by atoms with E-state index in [1.54, 1.807) is 56.3 Å². The molecule has 39 heavy (non-hydrogen) atoms. The van der Waals surface area contributed by atoms with Crippen molar-refractivity contribution in [3.8, 4) is 0 Å². The molecule has 1 aromatic heterocycles. The molecule has 2 N–H and O–H groups in total. The molecule has 10 heteroatoms. The Morgan fingerprint density at radius 3 is 2.54 bits per heavy atom. The molecule has 0 unspecified atom stereocenters. The van der Waals surface area contributed by atoms with Crippen molar-refractivity contribution >= 4 is 35.0 Å². The normalized spacial score (nSPS) is 31.4. The van der Waals surface area contributed by atoms with Crippen LogP contribution in [0.15, 0.2) is 47.0 Å². The zero-order valence-corrected chi connectivity index (χ0v) is 22.2. The average molecular weight is 533 g/mol. The van der Waals surface area contributed by atoms with Gasteiger partial charge in [0.2, 0.25) is 17.7 Å². The Morgan fingerprint density at radius 1 is 1.08 bits per heavy atom. The fourth-order valence-corrected chi connectivity index (χ4v) is 6.84. The predicted molar refractivity (Wildman–Crippen MR) is 141 cm³/mol. The summed E-state index contributed by atoms with van der Waals surface area (Å²) >= 11 is 0. The Hall–Kier alpha value is -3.79. The minimum Gasteiger partial charge on any atom is -0.360 e. The Bertz CT molecular complexity index is 1390. The summed E-state index contributed by atoms with van der Waals surface area (Å²) in [5.74, 6) is -2.43. The second kappa shape index (κ2) is 9.15. The van der Waals surface area contributed by atoms with Crippen LogP contribution < -0.4 is 15.5 Å². The van der Waals surface area contributed by atoms with E-state index in [1.165, 1.54) is 11.8 Å². The molecule has 2 aromatic rings. The summed E-state index contributed by atoms with van der Waals surface area (Å²) in [5.41, 5.74) is -1.61. The standard InChI is InChI=1S/C29H32N4O6/c1-16-14-21(32-38-16)31-25(35)22-23-27(37)33(20-11-7-8-18(15-20)17(2)34)24(29(23)13-12-28(22,3)39-29)26(36)30-19-9-5-4-6-10-19/h7-8,11-15,19,22-24H,4-6,9-10H2,1-3H3,(H,30,36)(H,31,32,35)/t22-,23-,24+,28+,29-/m0/s1. The second-order valence-electron chi connectivity index (χ2n) is 11.3. The van der Waals surface area contributed by atoms with Gasteiger partial charge in [0.15, 0.2) is 11.6 Å². The molecule has 1 aliphatic carbocycles. The molecule has 2 saturated heterocycles. The fraction of sp³-hybridized carbons (Fsp3) is 0.483. The molecule has 0 radical (unpaired) electrons. The van der Waals surface area contributed by atoms with Gasteiger partial charge in [-0.2, -0.15) is 0 Å². The maximum absolute atomic E-state index is 14.3. The van der Waals surface area contributed by atoms with E-state index in [4.69, 9.17) is 9.26 Å². The van der Waals surface area contributed by atoms with Crippen molar-refractivity contribution in [2.24, 2.45) is 11.8 Å². The quantitative estimate of drug-likeness (QED) is 0.431. The highest BCUT2D eigenvalue weighted by Crippen LogP contribution is 2.60. The van der Waals surface area contributed by atoms with Crippen molar-refractivity contribution in [2.45, 2.75) is 76.2 Å². The Balaban J connectivity index is 1.41. The number of hydrogen-bond donors (Lipinski definition) is 2. The minimum atomic E-state index is -1.35. The van der Waals surface area contributed by atoms with E-state index in [-0.39, 0.29) is 23.6 Å². The highest BCUT2D eigenvalue weighted by Gasteiger charge is 2.76. The summed E-state index contributed by atoms with van der Waals surface area (Å²) in [6.07, 6.45) is 8.51. The fourth-order valence-electron chi connectivity index (χ4n) is 6.84. The van der Waals surface area contributed by atoms with E-state index >= 15 is 0 Å². The zero-order valence-electron chi connectivity index (χ0n) is 22.2. The number of carbonyl (C=O) groups excluding carboxylic acids is 4. The molecule has 5 atom stereocenters. The number of carbonyl (C=O) groups is 4. The average Bonchev–Trinajstić information content (AvgIpc) is 3.61. The van der Waals surface area contributed by atoms with Crippen LogP contribution in [0.1, 0.15) is 62.1 Å². The van der Waals surface area contributed by atoms with Crippen LogP contribution in [0, 0.1) is 18.8 Å². The van der Waals surface area contributed by atoms with Gasteiger partial charge in [0.25, 0.3) is 0 Å². The van der Waals surface area contributed by atoms with Gasteiger partial charge in [-0.3, -0.25) is 24.1 Å². The van der Waals surface area contributed by atoms with Crippen molar-refractivity contribution in [1.29, 1.82) is 0 Å². The number of rotatable bonds is 6. The van der Waals surface area contributed by atoms with Gasteiger partial charge in [-0.25, -0.2) is 0 Å². The number of anilines is 2. The number of ketones is 1. The molecule has 3 fully saturated rings. The zero-order chi connectivity index (χ0) is 27.5. The van der Waals surface area contributed by atoms with Crippen LogP contribution in [-0.2, 0) is 19.1 Å². The van der Waals surface area contributed by atoms with Gasteiger partial charge in [0, 0.05) is 23.4 Å². The third kappa shape index (κ3) is 4.00. The molecule has 1 saturated carbocycles. The third-order valence-electron chi connectivity index (χ3n) is 8.59. The molecule has 10 nitrogen and oxygen atoms in total. The van der Waals surface area contributed by atoms with Gasteiger partial charge in [-0.1, -0.05) is 48.7 Å². The van der Waals surface area contributed by atoms with E-state index in [0.717, 1.165) is 32.1 Å². The molecule has 3 aliphatic heterocycles. The number of benzene rings is 1. The first-order valence-corrected chi connectivity index (χ1v) is 13.5. The summed E-state index contributed by atoms with van der Waals surface area (Å²) in [7, 11) is 0. The van der Waals surface area contributed by atoms with Gasteiger partial charge >= 0.3 is 0 Å². The van der Waals surface area contributed by atoms with Crippen molar-refractivity contribution < 1.29 is 28.4 Å². The lowest BCUT2D eigenvalue weighted by Crippen LogP contribution is -2.56. The molecular formula is C29H32N4O6. The largest absolute Gasteiger partial charge is 0.360 e. The predicted octanol–water partition coefficient (Wildman–Crippen LogP) is 3.32. The topological polar surface area (TPSA) is 131 Å². The Morgan fingerprint density at radius 2 is 1.85 bits per heavy atom. The van der Waals surface area contributed by atoms with E-state index < -0.39 is 40.9 Å². The van der Waals surface area contributed by atoms with Gasteiger partial charge in [0.1, 0.15) is 17.4 Å². The first-order valence-electron chi connectivity index (χ1n) is 13.5. The van der Waals surface area contributed by atoms with Crippen LogP contribution in [-0.4, -0.2) is 51.9 Å². The smallest absolute Gasteiger partial charge is 0.246 e. The summed E-state index contributed by atoms with van der Waals surface area (Å²) in [6, 6.07) is 7.23. The lowest BCUT2D eigenvalue weighted by molar-refractivity contribution is -0.131. The van der Waals surface area contributed by atoms with Crippen LogP contribution in [0.25, 0.3) is 0 Å². The van der Waals surface area contributed by atoms with E-state index in [9.17, 15) is 19.2 Å². The Labute approximate surface area is 226 Å². The van der Waals surface area contributed by atoms with E-state index in [2.05, 4.69) is 15.8 Å². The number of hydrogen-bond acceptors (Lipinski definition) is 7. The molecule has 204 valence electrons. The number of nitrogens with one attached hydrogen (secondary N) is 2. The maximum Gasteiger partial charge on any atom is 0.246 e. The molecule has 4 aliphatic rings. The monoisotopic (exact) mass is 532 g/mol. The maximum atomic E-state index is 14.3. The molecule has 4 heterocycles. The number of nitrogens with zero attached hydrogens (tertiary/aromatic N) is 2. The van der Waals surface area contributed by atoms with E-state index in [0.29, 0.717) is 17.0 Å². The number of fused-ring (bicyclic) bond motifs is 1. The van der Waals surface area contributed by atoms with E-state index in [1.807, 2.05) is 0 Å². The van der Waals surface area contributed by atoms with Crippen molar-refractivity contribution in [1.82, 2.24) is 10.5 Å². The van der Waals surface area contributed by atoms with Gasteiger partial charge in [-0.05, 0) is 45.7 Å². The highest BCUT2D eigenvalue weighted by molar-refractivity contribution is 6.12. The summed E-state index contributed by atoms with van der Waals surface area (Å²) in [5, 5.41) is 9.79. The molecule has 1 aromatic carbocycles. The van der Waals surface area contributed by atoms with Gasteiger partial charge < -0.3 is 19.9 Å². The van der Waals surface area contributed by atoms with Crippen molar-refractivity contribution in [3.63, 3.8) is 0 Å². The lowest BCUT2D eigenvalue weighted by Gasteiger charge is -2.34. The van der Waals surface area contributed by atoms with Crippen LogP contribution in [0.3, 0.4) is 0 Å². The minimum absolute atomic E-state index is 0.00914. The second-order valence-corrected chi connectivity index (χ2v) is 11.3. The summed E-state index contributed by atoms with van der Waals surface area (Å²) < 4.78 is 11.6. The first kappa shape index (κ1) is 25.5. The molecule has 2 bridgehead atoms. The van der Waals surface area contributed by atoms with Crippen molar-refractivity contribution in [3.05, 3.63) is 53.8 Å². The summed E-state index contributed by atoms with van der Waals surface area (Å²) in [6.45, 7) is 4.93. The van der Waals surface area contributed by atoms with Gasteiger partial charge in [-0.15, -0.1) is 0 Å². The molecule has 3 amide bonds. The lowest BCUT2D eigenvalue weighted by atomic mass is 9.70. The first-order chi connectivity index (χ1) is 18.6. The molecular weight excluding hydrogens is 500 g/mol. The number of aryl methyl sites for hydroxylation is 1. The van der Waals surface area contributed by atoms with Crippen LogP contribution in [0.5, 0.6) is 0 Å². The molecule has 6 rings (SSSR count). The number of amides is 3. The van der Waals surface area contributed by atoms with Gasteiger partial charge in [0.05, 0.1) is 17.4 Å². The number of aromatic nitrogens is 1. The van der Waals surface area contributed by atoms with Crippen LogP contribution in [0.4, 0.5) is 11.5 Å². The number of Topliss-reactive ketones (excluding diaryl/α,β-unsaturated/α-hetero) is 1. The van der Waals surface area contributed by atoms with Crippen LogP contribution in [0.2, 0.25) is 0 Å². The van der Waals surface area contributed by atoms with Crippen molar-refractivity contribution in [2.75, 3.05) is 10.2 Å². The number of ether oxygens (including phenoxy) is 1. The third-order valence-corrected chi connectivity index (χ3v) is 8.59. The van der Waals surface area contributed by atoms with Crippen LogP contribution >= 0.6 is 0 Å². The molecule has 1 spiro atoms. The highest BCUT2D eigenvalue weighted by atomic mass is 16.5. The SMILES string of the molecule is CC(=O)c1cccc(N2C(=O)[C@@H]3[C@@H](C(=O)Nc4cc(C)on4)[C@@]4(C)C=C[C@@]3(O4)[C@H]2C(=O)NC2CCCCC2)c1. The Kier molecular flexibility index (Phi) is 5.98.